The molecule has 1 saturated carbocycles. The molecule has 0 heterocycles. The number of hydrogen-bond acceptors (Lipinski definition) is 4. The fourth-order valence-electron chi connectivity index (χ4n) is 4.04. The van der Waals surface area contributed by atoms with Crippen LogP contribution >= 0.6 is 0 Å². The molecular weight excluding hydrogens is 338 g/mol. The molecule has 2 unspecified atom stereocenters. The number of ether oxygens (including phenoxy) is 2. The molecule has 4 heteroatoms. The molecule has 4 nitrogen and oxygen atoms in total. The van der Waals surface area contributed by atoms with E-state index in [1.807, 2.05) is 48.5 Å². The summed E-state index contributed by atoms with van der Waals surface area (Å²) in [5.41, 5.74) is 2.02. The van der Waals surface area contributed by atoms with Gasteiger partial charge in [-0.15, -0.1) is 0 Å². The second kappa shape index (κ2) is 8.15. The van der Waals surface area contributed by atoms with E-state index in [2.05, 4.69) is 25.1 Å². The Morgan fingerprint density at radius 1 is 1.07 bits per heavy atom. The van der Waals surface area contributed by atoms with Crippen molar-refractivity contribution in [3.8, 4) is 11.5 Å². The third kappa shape index (κ3) is 4.02. The number of nitrogens with zero attached hydrogens (tertiary/aromatic N) is 1. The van der Waals surface area contributed by atoms with E-state index in [0.717, 1.165) is 47.6 Å². The van der Waals surface area contributed by atoms with E-state index in [1.165, 1.54) is 0 Å². The Kier molecular flexibility index (Phi) is 5.88. The van der Waals surface area contributed by atoms with Gasteiger partial charge in [-0.25, -0.2) is 0 Å². The van der Waals surface area contributed by atoms with Gasteiger partial charge in [0.1, 0.15) is 17.1 Å². The van der Waals surface area contributed by atoms with Crippen molar-refractivity contribution in [1.29, 1.82) is 0 Å². The fraction of sp³-hybridized carbons (Fsp3) is 0.391. The highest BCUT2D eigenvalue weighted by atomic mass is 16.5. The van der Waals surface area contributed by atoms with E-state index in [0.29, 0.717) is 0 Å². The third-order valence-corrected chi connectivity index (χ3v) is 5.39. The largest absolute Gasteiger partial charge is 0.497 e. The molecule has 2 atom stereocenters. The highest BCUT2D eigenvalue weighted by Gasteiger charge is 2.46. The summed E-state index contributed by atoms with van der Waals surface area (Å²) in [4.78, 5) is 2.15. The molecule has 2 aromatic rings. The highest BCUT2D eigenvalue weighted by molar-refractivity contribution is 5.59. The predicted molar refractivity (Wildman–Crippen MR) is 109 cm³/mol. The van der Waals surface area contributed by atoms with Crippen molar-refractivity contribution in [2.24, 2.45) is 5.92 Å². The molecule has 144 valence electrons. The fourth-order valence-corrected chi connectivity index (χ4v) is 4.04. The van der Waals surface area contributed by atoms with Crippen LogP contribution in [0.5, 0.6) is 11.5 Å². The van der Waals surface area contributed by atoms with E-state index in [-0.39, 0.29) is 5.92 Å². The van der Waals surface area contributed by atoms with Crippen LogP contribution in [0.2, 0.25) is 0 Å². The molecule has 0 spiro atoms. The van der Waals surface area contributed by atoms with Gasteiger partial charge in [-0.3, -0.25) is 0 Å². The van der Waals surface area contributed by atoms with Crippen molar-refractivity contribution in [3.05, 3.63) is 65.2 Å². The Labute approximate surface area is 162 Å². The molecular formula is C23H29NO3. The molecule has 3 rings (SSSR count). The molecule has 0 aromatic heterocycles. The molecule has 27 heavy (non-hydrogen) atoms. The number of aliphatic hydroxyl groups is 1. The van der Waals surface area contributed by atoms with Crippen molar-refractivity contribution in [2.45, 2.75) is 18.4 Å². The zero-order chi connectivity index (χ0) is 19.4. The number of rotatable bonds is 6. The molecule has 0 aliphatic heterocycles. The lowest BCUT2D eigenvalue weighted by Gasteiger charge is -2.34. The Bertz CT molecular complexity index is 798. The van der Waals surface area contributed by atoms with Gasteiger partial charge in [0, 0.05) is 12.5 Å². The van der Waals surface area contributed by atoms with Crippen molar-refractivity contribution in [2.75, 3.05) is 34.9 Å². The minimum absolute atomic E-state index is 0.137. The monoisotopic (exact) mass is 367 g/mol. The van der Waals surface area contributed by atoms with Gasteiger partial charge in [0.15, 0.2) is 0 Å². The number of hydrogen-bond donors (Lipinski definition) is 1. The van der Waals surface area contributed by atoms with Gasteiger partial charge < -0.3 is 19.5 Å². The Hall–Kier alpha value is -2.30. The Morgan fingerprint density at radius 3 is 2.41 bits per heavy atom. The molecule has 1 aliphatic carbocycles. The minimum Gasteiger partial charge on any atom is -0.497 e. The van der Waals surface area contributed by atoms with Crippen LogP contribution in [-0.2, 0) is 5.60 Å². The summed E-state index contributed by atoms with van der Waals surface area (Å²) in [6, 6.07) is 15.7. The van der Waals surface area contributed by atoms with E-state index >= 15 is 0 Å². The lowest BCUT2D eigenvalue weighted by Crippen LogP contribution is -2.37. The van der Waals surface area contributed by atoms with Gasteiger partial charge in [-0.05, 0) is 67.9 Å². The molecule has 1 aliphatic rings. The van der Waals surface area contributed by atoms with E-state index in [1.54, 1.807) is 14.2 Å². The zero-order valence-corrected chi connectivity index (χ0v) is 16.6. The molecule has 0 radical (unpaired) electrons. The quantitative estimate of drug-likeness (QED) is 0.840. The van der Waals surface area contributed by atoms with Gasteiger partial charge in [0.2, 0.25) is 0 Å². The van der Waals surface area contributed by atoms with Crippen molar-refractivity contribution in [1.82, 2.24) is 4.90 Å². The molecule has 1 fully saturated rings. The highest BCUT2D eigenvalue weighted by Crippen LogP contribution is 2.48. The molecule has 2 aromatic carbocycles. The second-order valence-corrected chi connectivity index (χ2v) is 7.44. The third-order valence-electron chi connectivity index (χ3n) is 5.39. The lowest BCUT2D eigenvalue weighted by atomic mass is 9.80. The summed E-state index contributed by atoms with van der Waals surface area (Å²) in [6.45, 7) is 0.831. The molecule has 0 amide bonds. The lowest BCUT2D eigenvalue weighted by molar-refractivity contribution is 0.0216. The summed E-state index contributed by atoms with van der Waals surface area (Å²) in [7, 11) is 7.43. The van der Waals surface area contributed by atoms with E-state index < -0.39 is 5.60 Å². The van der Waals surface area contributed by atoms with Crippen LogP contribution in [0, 0.1) is 5.92 Å². The average Bonchev–Trinajstić information content (AvgIpc) is 2.98. The SMILES string of the molecule is COc1ccc(C2(O)/C(=C/c3cccc(OC)c3)CCC2CN(C)C)cc1. The average molecular weight is 367 g/mol. The first-order chi connectivity index (χ1) is 13.0. The summed E-state index contributed by atoms with van der Waals surface area (Å²) in [6.07, 6.45) is 3.94. The first-order valence-electron chi connectivity index (χ1n) is 9.34. The van der Waals surface area contributed by atoms with Crippen LogP contribution in [0.25, 0.3) is 6.08 Å². The van der Waals surface area contributed by atoms with Crippen molar-refractivity contribution in [3.63, 3.8) is 0 Å². The predicted octanol–water partition coefficient (Wildman–Crippen LogP) is 3.95. The normalized spacial score (nSPS) is 23.8. The maximum absolute atomic E-state index is 11.9. The first-order valence-corrected chi connectivity index (χ1v) is 9.34. The van der Waals surface area contributed by atoms with Crippen LogP contribution < -0.4 is 9.47 Å². The van der Waals surface area contributed by atoms with Crippen LogP contribution in [0.1, 0.15) is 24.0 Å². The minimum atomic E-state index is -0.986. The Morgan fingerprint density at radius 2 is 1.78 bits per heavy atom. The van der Waals surface area contributed by atoms with Crippen LogP contribution in [0.4, 0.5) is 0 Å². The van der Waals surface area contributed by atoms with Gasteiger partial charge in [0.25, 0.3) is 0 Å². The summed E-state index contributed by atoms with van der Waals surface area (Å²) < 4.78 is 10.6. The molecule has 0 bridgehead atoms. The first kappa shape index (κ1) is 19.5. The smallest absolute Gasteiger partial charge is 0.119 e. The van der Waals surface area contributed by atoms with Crippen LogP contribution in [0.15, 0.2) is 54.1 Å². The van der Waals surface area contributed by atoms with Crippen molar-refractivity contribution < 1.29 is 14.6 Å². The maximum atomic E-state index is 11.9. The zero-order valence-electron chi connectivity index (χ0n) is 16.6. The van der Waals surface area contributed by atoms with Crippen molar-refractivity contribution >= 4 is 6.08 Å². The van der Waals surface area contributed by atoms with E-state index in [9.17, 15) is 5.11 Å². The topological polar surface area (TPSA) is 41.9 Å². The van der Waals surface area contributed by atoms with E-state index in [4.69, 9.17) is 9.47 Å². The maximum Gasteiger partial charge on any atom is 0.119 e. The van der Waals surface area contributed by atoms with Gasteiger partial charge >= 0.3 is 0 Å². The standard InChI is InChI=1S/C23H29NO3/c1-24(2)16-20-9-8-19(14-17-6-5-7-22(15-17)27-4)23(20,25)18-10-12-21(26-3)13-11-18/h5-7,10-15,20,25H,8-9,16H2,1-4H3/b19-14+. The Balaban J connectivity index is 2.04. The molecule has 1 N–H and O–H groups in total. The number of benzene rings is 2. The summed E-state index contributed by atoms with van der Waals surface area (Å²) >= 11 is 0. The van der Waals surface area contributed by atoms with Gasteiger partial charge in [-0.2, -0.15) is 0 Å². The van der Waals surface area contributed by atoms with Crippen LogP contribution in [0.3, 0.4) is 0 Å². The summed E-state index contributed by atoms with van der Waals surface area (Å²) in [5, 5.41) is 11.9. The molecule has 0 saturated heterocycles. The van der Waals surface area contributed by atoms with Gasteiger partial charge in [0.05, 0.1) is 14.2 Å². The summed E-state index contributed by atoms with van der Waals surface area (Å²) in [5.74, 6) is 1.75. The number of methoxy groups -OCH3 is 2. The second-order valence-electron chi connectivity index (χ2n) is 7.44. The van der Waals surface area contributed by atoms with Gasteiger partial charge in [-0.1, -0.05) is 30.3 Å². The van der Waals surface area contributed by atoms with Crippen LogP contribution in [-0.4, -0.2) is 44.9 Å².